The summed E-state index contributed by atoms with van der Waals surface area (Å²) in [6, 6.07) is 0. The van der Waals surface area contributed by atoms with E-state index < -0.39 is 0 Å². The molecule has 1 heterocycles. The molecule has 0 fully saturated rings. The molecule has 90 valence electrons. The van der Waals surface area contributed by atoms with Crippen molar-refractivity contribution in [2.45, 2.75) is 46.6 Å². The number of rotatable bonds is 5. The van der Waals surface area contributed by atoms with Crippen LogP contribution in [-0.4, -0.2) is 23.1 Å². The molecule has 0 spiro atoms. The fourth-order valence-corrected chi connectivity index (χ4v) is 1.46. The molecular weight excluding hydrogens is 202 g/mol. The van der Waals surface area contributed by atoms with E-state index >= 15 is 0 Å². The lowest BCUT2D eigenvalue weighted by Gasteiger charge is -2.14. The summed E-state index contributed by atoms with van der Waals surface area (Å²) in [4.78, 5) is 8.88. The molecule has 0 amide bonds. The lowest BCUT2D eigenvalue weighted by Crippen LogP contribution is -2.12. The lowest BCUT2D eigenvalue weighted by molar-refractivity contribution is 0.230. The third kappa shape index (κ3) is 3.08. The first kappa shape index (κ1) is 12.7. The van der Waals surface area contributed by atoms with E-state index in [1.54, 1.807) is 0 Å². The molecule has 16 heavy (non-hydrogen) atoms. The average Bonchev–Trinajstić information content (AvgIpc) is 2.22. The van der Waals surface area contributed by atoms with Gasteiger partial charge in [-0.2, -0.15) is 4.98 Å². The second-order valence-electron chi connectivity index (χ2n) is 4.09. The molecular formula is C12H21N3O. The number of nitrogens with one attached hydrogen (secondary N) is 1. The zero-order valence-electron chi connectivity index (χ0n) is 10.8. The Morgan fingerprint density at radius 1 is 1.31 bits per heavy atom. The van der Waals surface area contributed by atoms with Crippen molar-refractivity contribution >= 4 is 5.82 Å². The highest BCUT2D eigenvalue weighted by Gasteiger charge is 2.11. The molecule has 0 aromatic carbocycles. The molecule has 1 aromatic heterocycles. The molecule has 0 radical (unpaired) electrons. The minimum atomic E-state index is 0.132. The van der Waals surface area contributed by atoms with E-state index in [4.69, 9.17) is 4.74 Å². The van der Waals surface area contributed by atoms with E-state index in [9.17, 15) is 0 Å². The van der Waals surface area contributed by atoms with Crippen molar-refractivity contribution in [3.05, 3.63) is 11.4 Å². The highest BCUT2D eigenvalue weighted by Crippen LogP contribution is 2.22. The number of aromatic nitrogens is 2. The average molecular weight is 223 g/mol. The van der Waals surface area contributed by atoms with Crippen molar-refractivity contribution in [2.75, 3.05) is 12.4 Å². The number of anilines is 1. The Kier molecular flexibility index (Phi) is 4.52. The van der Waals surface area contributed by atoms with Crippen LogP contribution in [0.2, 0.25) is 0 Å². The summed E-state index contributed by atoms with van der Waals surface area (Å²) in [6.07, 6.45) is 2.05. The highest BCUT2D eigenvalue weighted by atomic mass is 16.5. The Morgan fingerprint density at radius 3 is 2.50 bits per heavy atom. The first-order valence-corrected chi connectivity index (χ1v) is 5.80. The van der Waals surface area contributed by atoms with Gasteiger partial charge < -0.3 is 10.1 Å². The molecule has 4 nitrogen and oxygen atoms in total. The third-order valence-electron chi connectivity index (χ3n) is 2.21. The second-order valence-corrected chi connectivity index (χ2v) is 4.09. The molecule has 0 saturated carbocycles. The molecule has 0 bridgehead atoms. The van der Waals surface area contributed by atoms with E-state index in [0.29, 0.717) is 5.88 Å². The van der Waals surface area contributed by atoms with Crippen molar-refractivity contribution in [1.82, 2.24) is 9.97 Å². The fraction of sp³-hybridized carbons (Fsp3) is 0.667. The summed E-state index contributed by atoms with van der Waals surface area (Å²) in [5.74, 6) is 2.39. The molecule has 4 heteroatoms. The van der Waals surface area contributed by atoms with Crippen LogP contribution in [0, 0.1) is 6.92 Å². The predicted octanol–water partition coefficient (Wildman–Crippen LogP) is 2.57. The van der Waals surface area contributed by atoms with Crippen molar-refractivity contribution in [3.63, 3.8) is 0 Å². The Bertz CT molecular complexity index is 350. The fourth-order valence-electron chi connectivity index (χ4n) is 1.46. The topological polar surface area (TPSA) is 47.0 Å². The van der Waals surface area contributed by atoms with Gasteiger partial charge in [0.05, 0.1) is 11.7 Å². The Balaban J connectivity index is 3.08. The Labute approximate surface area is 97.5 Å². The van der Waals surface area contributed by atoms with Crippen molar-refractivity contribution in [2.24, 2.45) is 0 Å². The lowest BCUT2D eigenvalue weighted by atomic mass is 10.2. The molecule has 0 aliphatic heterocycles. The maximum Gasteiger partial charge on any atom is 0.222 e. The van der Waals surface area contributed by atoms with Crippen LogP contribution in [0.3, 0.4) is 0 Å². The molecule has 0 aliphatic carbocycles. The number of aryl methyl sites for hydroxylation is 1. The van der Waals surface area contributed by atoms with Crippen LogP contribution in [0.25, 0.3) is 0 Å². The van der Waals surface area contributed by atoms with E-state index in [1.165, 1.54) is 0 Å². The summed E-state index contributed by atoms with van der Waals surface area (Å²) in [5, 5.41) is 3.08. The molecule has 0 aliphatic rings. The van der Waals surface area contributed by atoms with Gasteiger partial charge in [0.1, 0.15) is 11.6 Å². The maximum atomic E-state index is 5.68. The monoisotopic (exact) mass is 223 g/mol. The van der Waals surface area contributed by atoms with E-state index in [0.717, 1.165) is 30.0 Å². The maximum absolute atomic E-state index is 5.68. The van der Waals surface area contributed by atoms with E-state index in [-0.39, 0.29) is 6.10 Å². The Morgan fingerprint density at radius 2 is 2.00 bits per heavy atom. The van der Waals surface area contributed by atoms with Gasteiger partial charge in [-0.05, 0) is 27.2 Å². The van der Waals surface area contributed by atoms with Gasteiger partial charge in [0.15, 0.2) is 0 Å². The SMILES string of the molecule is CCCc1nc(NC)c(C)c(OC(C)C)n1. The van der Waals surface area contributed by atoms with Crippen LogP contribution in [0.4, 0.5) is 5.82 Å². The van der Waals surface area contributed by atoms with Gasteiger partial charge >= 0.3 is 0 Å². The number of hydrogen-bond donors (Lipinski definition) is 1. The van der Waals surface area contributed by atoms with E-state index in [2.05, 4.69) is 22.2 Å². The van der Waals surface area contributed by atoms with Crippen LogP contribution in [-0.2, 0) is 6.42 Å². The summed E-state index contributed by atoms with van der Waals surface area (Å²) in [7, 11) is 1.87. The zero-order valence-corrected chi connectivity index (χ0v) is 10.8. The van der Waals surface area contributed by atoms with Crippen molar-refractivity contribution in [1.29, 1.82) is 0 Å². The van der Waals surface area contributed by atoms with Gasteiger partial charge in [-0.15, -0.1) is 0 Å². The smallest absolute Gasteiger partial charge is 0.222 e. The molecule has 1 N–H and O–H groups in total. The number of ether oxygens (including phenoxy) is 1. The van der Waals surface area contributed by atoms with Gasteiger partial charge in [0.2, 0.25) is 5.88 Å². The van der Waals surface area contributed by atoms with Crippen molar-refractivity contribution < 1.29 is 4.74 Å². The normalized spacial score (nSPS) is 10.6. The molecule has 0 atom stereocenters. The standard InChI is InChI=1S/C12H21N3O/c1-6-7-10-14-11(13-5)9(4)12(15-10)16-8(2)3/h8H,6-7H2,1-5H3,(H,13,14,15). The van der Waals surface area contributed by atoms with Gasteiger partial charge in [-0.3, -0.25) is 0 Å². The van der Waals surface area contributed by atoms with Gasteiger partial charge in [0.25, 0.3) is 0 Å². The summed E-state index contributed by atoms with van der Waals surface area (Å²) in [6.45, 7) is 8.09. The number of nitrogens with zero attached hydrogens (tertiary/aromatic N) is 2. The van der Waals surface area contributed by atoms with Crippen molar-refractivity contribution in [3.8, 4) is 5.88 Å². The van der Waals surface area contributed by atoms with Crippen LogP contribution in [0.1, 0.15) is 38.6 Å². The Hall–Kier alpha value is -1.32. The summed E-state index contributed by atoms with van der Waals surface area (Å²) >= 11 is 0. The molecule has 0 unspecified atom stereocenters. The van der Waals surface area contributed by atoms with Crippen LogP contribution < -0.4 is 10.1 Å². The second kappa shape index (κ2) is 5.68. The molecule has 0 saturated heterocycles. The third-order valence-corrected chi connectivity index (χ3v) is 2.21. The van der Waals surface area contributed by atoms with Crippen LogP contribution >= 0.6 is 0 Å². The zero-order chi connectivity index (χ0) is 12.1. The minimum absolute atomic E-state index is 0.132. The van der Waals surface area contributed by atoms with Gasteiger partial charge in [-0.25, -0.2) is 4.98 Å². The first-order chi connectivity index (χ1) is 7.58. The van der Waals surface area contributed by atoms with Gasteiger partial charge in [-0.1, -0.05) is 6.92 Å². The quantitative estimate of drug-likeness (QED) is 0.833. The summed E-state index contributed by atoms with van der Waals surface area (Å²) in [5.41, 5.74) is 0.969. The molecule has 1 rings (SSSR count). The predicted molar refractivity (Wildman–Crippen MR) is 66.1 cm³/mol. The molecule has 1 aromatic rings. The van der Waals surface area contributed by atoms with Crippen LogP contribution in [0.15, 0.2) is 0 Å². The summed E-state index contributed by atoms with van der Waals surface area (Å²) < 4.78 is 5.68. The minimum Gasteiger partial charge on any atom is -0.475 e. The first-order valence-electron chi connectivity index (χ1n) is 5.80. The van der Waals surface area contributed by atoms with Crippen LogP contribution in [0.5, 0.6) is 5.88 Å². The number of hydrogen-bond acceptors (Lipinski definition) is 4. The highest BCUT2D eigenvalue weighted by molar-refractivity contribution is 5.48. The van der Waals surface area contributed by atoms with Gasteiger partial charge in [0, 0.05) is 13.5 Å². The van der Waals surface area contributed by atoms with E-state index in [1.807, 2.05) is 27.8 Å². The largest absolute Gasteiger partial charge is 0.475 e.